The second-order valence-electron chi connectivity index (χ2n) is 3.10. The van der Waals surface area contributed by atoms with Crippen LogP contribution in [0.1, 0.15) is 20.9 Å². The number of ketones is 1. The van der Waals surface area contributed by atoms with Crippen LogP contribution < -0.4 is 0 Å². The summed E-state index contributed by atoms with van der Waals surface area (Å²) < 4.78 is 0. The zero-order chi connectivity index (χ0) is 10.8. The molecule has 0 aliphatic carbocycles. The van der Waals surface area contributed by atoms with Crippen LogP contribution in [0.5, 0.6) is 0 Å². The Kier molecular flexibility index (Phi) is 2.84. The van der Waals surface area contributed by atoms with Crippen LogP contribution in [0, 0.1) is 6.92 Å². The molecule has 0 radical (unpaired) electrons. The summed E-state index contributed by atoms with van der Waals surface area (Å²) in [5, 5.41) is 2.29. The van der Waals surface area contributed by atoms with Crippen molar-refractivity contribution in [3.8, 4) is 0 Å². The van der Waals surface area contributed by atoms with Gasteiger partial charge in [0, 0.05) is 6.20 Å². The maximum Gasteiger partial charge on any atom is 0.223 e. The molecular weight excluding hydrogens is 230 g/mol. The number of halogens is 1. The first-order chi connectivity index (χ1) is 7.20. The van der Waals surface area contributed by atoms with Gasteiger partial charge in [0.05, 0.1) is 9.90 Å². The molecule has 0 saturated heterocycles. The maximum absolute atomic E-state index is 12.0. The zero-order valence-corrected chi connectivity index (χ0v) is 9.60. The summed E-state index contributed by atoms with van der Waals surface area (Å²) in [6, 6.07) is 5.39. The minimum Gasteiger partial charge on any atom is -0.286 e. The van der Waals surface area contributed by atoms with Gasteiger partial charge in [0.15, 0.2) is 0 Å². The Labute approximate surface area is 96.5 Å². The molecule has 2 aromatic heterocycles. The number of aryl methyl sites for hydroxylation is 1. The molecule has 2 aromatic rings. The number of carbonyl (C=O) groups is 1. The van der Waals surface area contributed by atoms with Crippen LogP contribution in [0.25, 0.3) is 0 Å². The van der Waals surface area contributed by atoms with Gasteiger partial charge in [-0.25, -0.2) is 0 Å². The van der Waals surface area contributed by atoms with Gasteiger partial charge in [-0.1, -0.05) is 17.7 Å². The van der Waals surface area contributed by atoms with E-state index in [1.165, 1.54) is 11.3 Å². The van der Waals surface area contributed by atoms with Crippen molar-refractivity contribution in [2.45, 2.75) is 6.92 Å². The summed E-state index contributed by atoms with van der Waals surface area (Å²) in [5.74, 6) is -0.104. The van der Waals surface area contributed by atoms with E-state index < -0.39 is 0 Å². The second kappa shape index (κ2) is 4.13. The van der Waals surface area contributed by atoms with Crippen LogP contribution in [-0.2, 0) is 0 Å². The van der Waals surface area contributed by atoms with Crippen molar-refractivity contribution < 1.29 is 4.79 Å². The summed E-state index contributed by atoms with van der Waals surface area (Å²) >= 11 is 7.24. The topological polar surface area (TPSA) is 30.0 Å². The molecule has 0 spiro atoms. The number of thiophene rings is 1. The molecule has 2 rings (SSSR count). The summed E-state index contributed by atoms with van der Waals surface area (Å²) in [7, 11) is 0. The van der Waals surface area contributed by atoms with Gasteiger partial charge in [-0.3, -0.25) is 9.78 Å². The first-order valence-electron chi connectivity index (χ1n) is 4.39. The molecule has 2 heterocycles. The van der Waals surface area contributed by atoms with Crippen molar-refractivity contribution in [2.75, 3.05) is 0 Å². The first-order valence-corrected chi connectivity index (χ1v) is 5.65. The van der Waals surface area contributed by atoms with E-state index in [1.807, 2.05) is 19.1 Å². The van der Waals surface area contributed by atoms with Gasteiger partial charge < -0.3 is 0 Å². The predicted molar refractivity (Wildman–Crippen MR) is 61.7 cm³/mol. The van der Waals surface area contributed by atoms with Crippen LogP contribution in [0.4, 0.5) is 0 Å². The zero-order valence-electron chi connectivity index (χ0n) is 8.03. The van der Waals surface area contributed by atoms with Gasteiger partial charge in [-0.15, -0.1) is 11.3 Å². The molecule has 0 unspecified atom stereocenters. The first kappa shape index (κ1) is 10.3. The highest BCUT2D eigenvalue weighted by Crippen LogP contribution is 2.25. The predicted octanol–water partition coefficient (Wildman–Crippen LogP) is 3.34. The SMILES string of the molecule is Cc1cccnc1C(=O)c1sccc1Cl. The van der Waals surface area contributed by atoms with E-state index in [4.69, 9.17) is 11.6 Å². The highest BCUT2D eigenvalue weighted by atomic mass is 35.5. The molecule has 4 heteroatoms. The smallest absolute Gasteiger partial charge is 0.223 e. The molecule has 15 heavy (non-hydrogen) atoms. The Balaban J connectivity index is 2.46. The van der Waals surface area contributed by atoms with E-state index in [0.29, 0.717) is 15.6 Å². The van der Waals surface area contributed by atoms with Gasteiger partial charge >= 0.3 is 0 Å². The van der Waals surface area contributed by atoms with E-state index in [2.05, 4.69) is 4.98 Å². The number of hydrogen-bond acceptors (Lipinski definition) is 3. The van der Waals surface area contributed by atoms with Crippen LogP contribution in [0.15, 0.2) is 29.8 Å². The lowest BCUT2D eigenvalue weighted by molar-refractivity contribution is 0.103. The average Bonchev–Trinajstić information content (AvgIpc) is 2.64. The molecule has 0 bridgehead atoms. The third-order valence-corrected chi connectivity index (χ3v) is 3.39. The van der Waals surface area contributed by atoms with Crippen LogP contribution >= 0.6 is 22.9 Å². The minimum absolute atomic E-state index is 0.104. The van der Waals surface area contributed by atoms with E-state index in [0.717, 1.165) is 5.56 Å². The molecule has 0 N–H and O–H groups in total. The van der Waals surface area contributed by atoms with Crippen molar-refractivity contribution in [1.82, 2.24) is 4.98 Å². The molecule has 0 aliphatic heterocycles. The standard InChI is InChI=1S/C11H8ClNOS/c1-7-3-2-5-13-9(7)10(14)11-8(12)4-6-15-11/h2-6H,1H3. The van der Waals surface area contributed by atoms with Crippen molar-refractivity contribution in [3.05, 3.63) is 50.9 Å². The van der Waals surface area contributed by atoms with Crippen molar-refractivity contribution in [1.29, 1.82) is 0 Å². The Hall–Kier alpha value is -1.19. The lowest BCUT2D eigenvalue weighted by atomic mass is 10.1. The van der Waals surface area contributed by atoms with Crippen LogP contribution in [0.3, 0.4) is 0 Å². The van der Waals surface area contributed by atoms with Crippen LogP contribution in [0.2, 0.25) is 5.02 Å². The number of carbonyl (C=O) groups excluding carboxylic acids is 1. The molecule has 0 saturated carbocycles. The Morgan fingerprint density at radius 2 is 2.27 bits per heavy atom. The molecule has 0 aliphatic rings. The fraction of sp³-hybridized carbons (Fsp3) is 0.0909. The van der Waals surface area contributed by atoms with Gasteiger partial charge in [0.2, 0.25) is 5.78 Å². The van der Waals surface area contributed by atoms with Gasteiger partial charge in [-0.05, 0) is 30.0 Å². The van der Waals surface area contributed by atoms with E-state index in [9.17, 15) is 4.79 Å². The third kappa shape index (κ3) is 1.94. The highest BCUT2D eigenvalue weighted by Gasteiger charge is 2.16. The Morgan fingerprint density at radius 3 is 2.87 bits per heavy atom. The molecule has 0 aromatic carbocycles. The molecular formula is C11H8ClNOS. The monoisotopic (exact) mass is 237 g/mol. The summed E-state index contributed by atoms with van der Waals surface area (Å²) in [5.41, 5.74) is 1.34. The third-order valence-electron chi connectivity index (χ3n) is 2.05. The fourth-order valence-electron chi connectivity index (χ4n) is 1.29. The highest BCUT2D eigenvalue weighted by molar-refractivity contribution is 7.13. The van der Waals surface area contributed by atoms with E-state index in [1.54, 1.807) is 17.6 Å². The summed E-state index contributed by atoms with van der Waals surface area (Å²) in [6.07, 6.45) is 1.61. The van der Waals surface area contributed by atoms with E-state index >= 15 is 0 Å². The van der Waals surface area contributed by atoms with Gasteiger partial charge in [0.1, 0.15) is 5.69 Å². The minimum atomic E-state index is -0.104. The maximum atomic E-state index is 12.0. The lowest BCUT2D eigenvalue weighted by Gasteiger charge is -2.01. The van der Waals surface area contributed by atoms with Gasteiger partial charge in [0.25, 0.3) is 0 Å². The van der Waals surface area contributed by atoms with Crippen LogP contribution in [-0.4, -0.2) is 10.8 Å². The van der Waals surface area contributed by atoms with E-state index in [-0.39, 0.29) is 5.78 Å². The Morgan fingerprint density at radius 1 is 1.47 bits per heavy atom. The molecule has 76 valence electrons. The Bertz CT molecular complexity index is 507. The lowest BCUT2D eigenvalue weighted by Crippen LogP contribution is -2.04. The number of pyridine rings is 1. The molecule has 0 fully saturated rings. The number of aromatic nitrogens is 1. The fourth-order valence-corrected chi connectivity index (χ4v) is 2.37. The number of hydrogen-bond donors (Lipinski definition) is 0. The van der Waals surface area contributed by atoms with Crippen molar-refractivity contribution in [2.24, 2.45) is 0 Å². The normalized spacial score (nSPS) is 10.3. The number of nitrogens with zero attached hydrogens (tertiary/aromatic N) is 1. The largest absolute Gasteiger partial charge is 0.286 e. The quantitative estimate of drug-likeness (QED) is 0.750. The van der Waals surface area contributed by atoms with Gasteiger partial charge in [-0.2, -0.15) is 0 Å². The summed E-state index contributed by atoms with van der Waals surface area (Å²) in [4.78, 5) is 16.6. The average molecular weight is 238 g/mol. The summed E-state index contributed by atoms with van der Waals surface area (Å²) in [6.45, 7) is 1.86. The second-order valence-corrected chi connectivity index (χ2v) is 4.42. The van der Waals surface area contributed by atoms with Crippen molar-refractivity contribution in [3.63, 3.8) is 0 Å². The van der Waals surface area contributed by atoms with Crippen molar-refractivity contribution >= 4 is 28.7 Å². The molecule has 0 amide bonds. The molecule has 2 nitrogen and oxygen atoms in total. The molecule has 0 atom stereocenters. The number of rotatable bonds is 2.